The van der Waals surface area contributed by atoms with Crippen LogP contribution in [0.3, 0.4) is 0 Å². The van der Waals surface area contributed by atoms with Crippen molar-refractivity contribution in [2.45, 2.75) is 20.8 Å². The van der Waals surface area contributed by atoms with E-state index in [9.17, 15) is 9.59 Å². The molecule has 0 saturated carbocycles. The molecule has 0 saturated heterocycles. The second-order valence-corrected chi connectivity index (χ2v) is 2.61. The zero-order valence-corrected chi connectivity index (χ0v) is 7.10. The smallest absolute Gasteiger partial charge is 0.223 e. The van der Waals surface area contributed by atoms with Crippen molar-refractivity contribution >= 4 is 11.8 Å². The monoisotopic (exact) mass is 158 g/mol. The standard InChI is InChI=1S/C7H14N2O2/c1-5(2)7(11)9-4-8-6(3)10/h5H,4H2,1-3H3,(H,8,10)(H,9,11). The minimum absolute atomic E-state index is 0.0382. The Bertz CT molecular complexity index is 155. The molecule has 64 valence electrons. The van der Waals surface area contributed by atoms with Crippen LogP contribution in [0.4, 0.5) is 0 Å². The van der Waals surface area contributed by atoms with Crippen LogP contribution in [0, 0.1) is 5.92 Å². The highest BCUT2D eigenvalue weighted by molar-refractivity contribution is 5.78. The molecule has 11 heavy (non-hydrogen) atoms. The van der Waals surface area contributed by atoms with Crippen LogP contribution in [0.25, 0.3) is 0 Å². The van der Waals surface area contributed by atoms with Crippen molar-refractivity contribution in [2.75, 3.05) is 6.67 Å². The molecule has 0 unspecified atom stereocenters. The SMILES string of the molecule is CC(=O)NCNC(=O)C(C)C. The summed E-state index contributed by atoms with van der Waals surface area (Å²) in [6, 6.07) is 0. The predicted molar refractivity (Wildman–Crippen MR) is 41.7 cm³/mol. The van der Waals surface area contributed by atoms with Gasteiger partial charge in [-0.05, 0) is 0 Å². The molecule has 0 atom stereocenters. The highest BCUT2D eigenvalue weighted by Crippen LogP contribution is 1.88. The molecule has 0 aromatic carbocycles. The lowest BCUT2D eigenvalue weighted by Crippen LogP contribution is -2.38. The second-order valence-electron chi connectivity index (χ2n) is 2.61. The van der Waals surface area contributed by atoms with Gasteiger partial charge in [0.05, 0.1) is 6.67 Å². The van der Waals surface area contributed by atoms with Gasteiger partial charge in [-0.15, -0.1) is 0 Å². The van der Waals surface area contributed by atoms with Gasteiger partial charge in [0.2, 0.25) is 11.8 Å². The fraction of sp³-hybridized carbons (Fsp3) is 0.714. The van der Waals surface area contributed by atoms with Gasteiger partial charge in [-0.3, -0.25) is 9.59 Å². The first-order chi connectivity index (χ1) is 5.04. The van der Waals surface area contributed by atoms with Crippen molar-refractivity contribution in [2.24, 2.45) is 5.92 Å². The summed E-state index contributed by atoms with van der Waals surface area (Å²) in [7, 11) is 0. The van der Waals surface area contributed by atoms with E-state index in [0.29, 0.717) is 0 Å². The van der Waals surface area contributed by atoms with Gasteiger partial charge in [-0.25, -0.2) is 0 Å². The van der Waals surface area contributed by atoms with Crippen LogP contribution in [0.1, 0.15) is 20.8 Å². The van der Waals surface area contributed by atoms with Crippen molar-refractivity contribution in [3.63, 3.8) is 0 Å². The topological polar surface area (TPSA) is 58.2 Å². The maximum absolute atomic E-state index is 10.9. The van der Waals surface area contributed by atoms with Crippen LogP contribution in [0.5, 0.6) is 0 Å². The summed E-state index contributed by atoms with van der Waals surface area (Å²) < 4.78 is 0. The molecule has 2 N–H and O–H groups in total. The molecule has 0 aromatic rings. The van der Waals surface area contributed by atoms with E-state index in [4.69, 9.17) is 0 Å². The predicted octanol–water partition coefficient (Wildman–Crippen LogP) is -0.148. The van der Waals surface area contributed by atoms with Gasteiger partial charge in [0.25, 0.3) is 0 Å². The molecule has 0 aliphatic rings. The fourth-order valence-corrected chi connectivity index (χ4v) is 0.460. The largest absolute Gasteiger partial charge is 0.339 e. The van der Waals surface area contributed by atoms with Crippen LogP contribution in [0.2, 0.25) is 0 Å². The number of rotatable bonds is 3. The van der Waals surface area contributed by atoms with E-state index in [1.165, 1.54) is 6.92 Å². The Morgan fingerprint density at radius 3 is 2.18 bits per heavy atom. The number of hydrogen-bond acceptors (Lipinski definition) is 2. The van der Waals surface area contributed by atoms with Crippen LogP contribution in [0.15, 0.2) is 0 Å². The first kappa shape index (κ1) is 9.94. The molecule has 0 fully saturated rings. The van der Waals surface area contributed by atoms with Gasteiger partial charge in [-0.2, -0.15) is 0 Å². The first-order valence-electron chi connectivity index (χ1n) is 3.56. The molecular weight excluding hydrogens is 144 g/mol. The minimum Gasteiger partial charge on any atom is -0.339 e. The zero-order chi connectivity index (χ0) is 8.85. The summed E-state index contributed by atoms with van der Waals surface area (Å²) in [5.41, 5.74) is 0. The normalized spacial score (nSPS) is 9.45. The lowest BCUT2D eigenvalue weighted by molar-refractivity contribution is -0.124. The number of carbonyl (C=O) groups excluding carboxylic acids is 2. The Morgan fingerprint density at radius 2 is 1.82 bits per heavy atom. The van der Waals surface area contributed by atoms with Gasteiger partial charge in [0, 0.05) is 12.8 Å². The molecule has 0 heterocycles. The van der Waals surface area contributed by atoms with Crippen LogP contribution >= 0.6 is 0 Å². The molecule has 4 heteroatoms. The van der Waals surface area contributed by atoms with Crippen LogP contribution < -0.4 is 10.6 Å². The van der Waals surface area contributed by atoms with E-state index < -0.39 is 0 Å². The van der Waals surface area contributed by atoms with Gasteiger partial charge in [-0.1, -0.05) is 13.8 Å². The van der Waals surface area contributed by atoms with E-state index in [2.05, 4.69) is 10.6 Å². The Balaban J connectivity index is 3.39. The maximum Gasteiger partial charge on any atom is 0.223 e. The molecule has 0 aromatic heterocycles. The number of amides is 2. The van der Waals surface area contributed by atoms with Crippen molar-refractivity contribution < 1.29 is 9.59 Å². The van der Waals surface area contributed by atoms with Gasteiger partial charge in [0.15, 0.2) is 0 Å². The highest BCUT2D eigenvalue weighted by Gasteiger charge is 2.04. The molecule has 0 spiro atoms. The summed E-state index contributed by atoms with van der Waals surface area (Å²) in [5.74, 6) is -0.239. The Kier molecular flexibility index (Phi) is 4.26. The average Bonchev–Trinajstić information content (AvgIpc) is 1.86. The van der Waals surface area contributed by atoms with E-state index in [1.54, 1.807) is 13.8 Å². The Labute approximate surface area is 66.4 Å². The number of hydrogen-bond donors (Lipinski definition) is 2. The summed E-state index contributed by atoms with van der Waals surface area (Å²) in [5, 5.41) is 5.00. The van der Waals surface area contributed by atoms with E-state index in [-0.39, 0.29) is 24.4 Å². The second kappa shape index (κ2) is 4.71. The molecule has 0 radical (unpaired) electrons. The molecule has 0 bridgehead atoms. The van der Waals surface area contributed by atoms with Crippen LogP contribution in [-0.4, -0.2) is 18.5 Å². The molecule has 4 nitrogen and oxygen atoms in total. The Hall–Kier alpha value is -1.06. The van der Waals surface area contributed by atoms with Crippen molar-refractivity contribution in [1.82, 2.24) is 10.6 Å². The van der Waals surface area contributed by atoms with E-state index in [0.717, 1.165) is 0 Å². The Morgan fingerprint density at radius 1 is 1.27 bits per heavy atom. The quantitative estimate of drug-likeness (QED) is 0.561. The molecule has 0 rings (SSSR count). The van der Waals surface area contributed by atoms with Crippen molar-refractivity contribution in [3.8, 4) is 0 Å². The third kappa shape index (κ3) is 5.39. The van der Waals surface area contributed by atoms with Crippen LogP contribution in [-0.2, 0) is 9.59 Å². The lowest BCUT2D eigenvalue weighted by atomic mass is 10.2. The van der Waals surface area contributed by atoms with Crippen molar-refractivity contribution in [1.29, 1.82) is 0 Å². The highest BCUT2D eigenvalue weighted by atomic mass is 16.2. The summed E-state index contributed by atoms with van der Waals surface area (Å²) in [6.07, 6.45) is 0. The van der Waals surface area contributed by atoms with Gasteiger partial charge < -0.3 is 10.6 Å². The van der Waals surface area contributed by atoms with Crippen molar-refractivity contribution in [3.05, 3.63) is 0 Å². The first-order valence-corrected chi connectivity index (χ1v) is 3.56. The fourth-order valence-electron chi connectivity index (χ4n) is 0.460. The number of nitrogens with one attached hydrogen (secondary N) is 2. The molecule has 0 aliphatic carbocycles. The molecule has 0 aliphatic heterocycles. The van der Waals surface area contributed by atoms with E-state index >= 15 is 0 Å². The van der Waals surface area contributed by atoms with E-state index in [1.807, 2.05) is 0 Å². The third-order valence-electron chi connectivity index (χ3n) is 1.12. The lowest BCUT2D eigenvalue weighted by Gasteiger charge is -2.06. The third-order valence-corrected chi connectivity index (χ3v) is 1.12. The number of carbonyl (C=O) groups is 2. The minimum atomic E-state index is -0.144. The maximum atomic E-state index is 10.9. The average molecular weight is 158 g/mol. The summed E-state index contributed by atoms with van der Waals surface area (Å²) >= 11 is 0. The summed E-state index contributed by atoms with van der Waals surface area (Å²) in [4.78, 5) is 21.2. The van der Waals surface area contributed by atoms with Gasteiger partial charge in [0.1, 0.15) is 0 Å². The zero-order valence-electron chi connectivity index (χ0n) is 7.10. The van der Waals surface area contributed by atoms with Gasteiger partial charge >= 0.3 is 0 Å². The molecular formula is C7H14N2O2. The summed E-state index contributed by atoms with van der Waals surface area (Å²) in [6.45, 7) is 5.21. The molecule has 2 amide bonds.